The SMILES string of the molecule is Cc1ncc(-c2ccc(S(O)(O)C(C)C)cc2)nc1-c1nnc(-c2ccc(CN)s2)o1. The third-order valence-corrected chi connectivity index (χ3v) is 8.19. The molecule has 0 aliphatic rings. The highest BCUT2D eigenvalue weighted by Crippen LogP contribution is 2.52. The van der Waals surface area contributed by atoms with Gasteiger partial charge >= 0.3 is 0 Å². The molecule has 3 heterocycles. The van der Waals surface area contributed by atoms with E-state index >= 15 is 0 Å². The Kier molecular flexibility index (Phi) is 5.91. The molecule has 0 saturated carbocycles. The average molecular weight is 458 g/mol. The standard InChI is InChI=1S/C21H23N5O3S2/c1-12(2)31(27,28)16-7-4-14(5-8-16)17-11-23-13(3)19(24-17)21-26-25-20(29-21)18-9-6-15(10-22)30-18/h4-9,11-12,27-28H,10,22H2,1-3H3. The molecule has 4 rings (SSSR count). The van der Waals surface area contributed by atoms with Gasteiger partial charge in [-0.2, -0.15) is 10.6 Å². The molecule has 0 spiro atoms. The van der Waals surface area contributed by atoms with Crippen LogP contribution in [0.2, 0.25) is 0 Å². The van der Waals surface area contributed by atoms with E-state index in [9.17, 15) is 9.11 Å². The molecule has 4 aromatic rings. The van der Waals surface area contributed by atoms with E-state index in [4.69, 9.17) is 10.2 Å². The van der Waals surface area contributed by atoms with Gasteiger partial charge in [0.15, 0.2) is 0 Å². The quantitative estimate of drug-likeness (QED) is 0.360. The van der Waals surface area contributed by atoms with Crippen molar-refractivity contribution in [1.29, 1.82) is 0 Å². The van der Waals surface area contributed by atoms with Crippen molar-refractivity contribution in [2.24, 2.45) is 5.73 Å². The summed E-state index contributed by atoms with van der Waals surface area (Å²) in [6, 6.07) is 10.9. The summed E-state index contributed by atoms with van der Waals surface area (Å²) >= 11 is 1.51. The van der Waals surface area contributed by atoms with E-state index in [0.717, 1.165) is 15.3 Å². The predicted molar refractivity (Wildman–Crippen MR) is 123 cm³/mol. The number of thiophene rings is 1. The second-order valence-electron chi connectivity index (χ2n) is 7.24. The van der Waals surface area contributed by atoms with Crippen molar-refractivity contribution in [1.82, 2.24) is 20.2 Å². The Balaban J connectivity index is 1.65. The molecule has 0 aliphatic heterocycles. The Morgan fingerprint density at radius 3 is 2.42 bits per heavy atom. The number of nitrogens with two attached hydrogens (primary N) is 1. The molecule has 0 radical (unpaired) electrons. The lowest BCUT2D eigenvalue weighted by Gasteiger charge is -2.36. The van der Waals surface area contributed by atoms with Crippen LogP contribution in [0.3, 0.4) is 0 Å². The van der Waals surface area contributed by atoms with Gasteiger partial charge in [0.05, 0.1) is 27.4 Å². The summed E-state index contributed by atoms with van der Waals surface area (Å²) in [6.07, 6.45) is 1.67. The van der Waals surface area contributed by atoms with Crippen LogP contribution in [0.5, 0.6) is 0 Å². The van der Waals surface area contributed by atoms with Crippen molar-refractivity contribution in [3.8, 4) is 33.6 Å². The van der Waals surface area contributed by atoms with Gasteiger partial charge in [0.2, 0.25) is 0 Å². The number of benzene rings is 1. The highest BCUT2D eigenvalue weighted by molar-refractivity contribution is 8.24. The van der Waals surface area contributed by atoms with Gasteiger partial charge in [0.1, 0.15) is 5.69 Å². The molecule has 8 nitrogen and oxygen atoms in total. The molecule has 10 heteroatoms. The third-order valence-electron chi connectivity index (χ3n) is 4.81. The number of nitrogens with zero attached hydrogens (tertiary/aromatic N) is 4. The molecule has 0 unspecified atom stereocenters. The van der Waals surface area contributed by atoms with Gasteiger partial charge in [-0.1, -0.05) is 12.1 Å². The van der Waals surface area contributed by atoms with Crippen molar-refractivity contribution >= 4 is 21.9 Å². The van der Waals surface area contributed by atoms with Gasteiger partial charge < -0.3 is 10.2 Å². The van der Waals surface area contributed by atoms with E-state index in [1.54, 1.807) is 44.3 Å². The number of aromatic nitrogens is 4. The van der Waals surface area contributed by atoms with Gasteiger partial charge in [-0.15, -0.1) is 21.5 Å². The summed E-state index contributed by atoms with van der Waals surface area (Å²) in [6.45, 7) is 5.86. The van der Waals surface area contributed by atoms with Crippen molar-refractivity contribution in [2.45, 2.75) is 37.5 Å². The summed E-state index contributed by atoms with van der Waals surface area (Å²) in [5.74, 6) is 0.699. The van der Waals surface area contributed by atoms with E-state index in [1.165, 1.54) is 11.3 Å². The molecule has 162 valence electrons. The summed E-state index contributed by atoms with van der Waals surface area (Å²) in [5, 5.41) is 8.03. The fourth-order valence-electron chi connectivity index (χ4n) is 2.91. The average Bonchev–Trinajstić information content (AvgIpc) is 3.43. The highest BCUT2D eigenvalue weighted by Gasteiger charge is 2.21. The van der Waals surface area contributed by atoms with E-state index in [1.807, 2.05) is 19.1 Å². The van der Waals surface area contributed by atoms with Gasteiger partial charge in [0.25, 0.3) is 11.8 Å². The van der Waals surface area contributed by atoms with Gasteiger partial charge in [-0.25, -0.2) is 4.98 Å². The number of hydrogen-bond donors (Lipinski definition) is 3. The molecule has 0 saturated heterocycles. The van der Waals surface area contributed by atoms with E-state index < -0.39 is 10.6 Å². The Bertz CT molecular complexity index is 1200. The lowest BCUT2D eigenvalue weighted by Crippen LogP contribution is -2.10. The van der Waals surface area contributed by atoms with Crippen LogP contribution in [0.1, 0.15) is 24.4 Å². The Morgan fingerprint density at radius 2 is 1.77 bits per heavy atom. The summed E-state index contributed by atoms with van der Waals surface area (Å²) in [5.41, 5.74) is 8.26. The first-order chi connectivity index (χ1) is 14.8. The van der Waals surface area contributed by atoms with Crippen molar-refractivity contribution in [3.05, 3.63) is 53.2 Å². The van der Waals surface area contributed by atoms with Crippen molar-refractivity contribution in [3.63, 3.8) is 0 Å². The molecule has 1 aromatic carbocycles. The largest absolute Gasteiger partial charge is 0.414 e. The second-order valence-corrected chi connectivity index (χ2v) is 11.0. The van der Waals surface area contributed by atoms with E-state index in [-0.39, 0.29) is 11.1 Å². The van der Waals surface area contributed by atoms with Crippen LogP contribution in [0, 0.1) is 6.92 Å². The van der Waals surface area contributed by atoms with Crippen molar-refractivity contribution < 1.29 is 13.5 Å². The molecule has 0 amide bonds. The first kappa shape index (κ1) is 21.6. The topological polar surface area (TPSA) is 131 Å². The smallest absolute Gasteiger partial charge is 0.268 e. The zero-order valence-electron chi connectivity index (χ0n) is 17.3. The minimum Gasteiger partial charge on any atom is -0.414 e. The summed E-state index contributed by atoms with van der Waals surface area (Å²) in [4.78, 5) is 11.5. The Labute approximate surface area is 185 Å². The molecule has 0 atom stereocenters. The Hall–Kier alpha value is -2.63. The maximum absolute atomic E-state index is 10.3. The Morgan fingerprint density at radius 1 is 1.06 bits per heavy atom. The maximum Gasteiger partial charge on any atom is 0.268 e. The summed E-state index contributed by atoms with van der Waals surface area (Å²) < 4.78 is 26.5. The molecule has 0 bridgehead atoms. The first-order valence-electron chi connectivity index (χ1n) is 9.63. The molecule has 0 fully saturated rings. The van der Waals surface area contributed by atoms with Crippen LogP contribution < -0.4 is 5.73 Å². The van der Waals surface area contributed by atoms with Gasteiger partial charge in [0, 0.05) is 22.2 Å². The minimum atomic E-state index is -2.83. The zero-order valence-corrected chi connectivity index (χ0v) is 18.9. The zero-order chi connectivity index (χ0) is 22.2. The highest BCUT2D eigenvalue weighted by atomic mass is 32.3. The van der Waals surface area contributed by atoms with E-state index in [0.29, 0.717) is 34.4 Å². The van der Waals surface area contributed by atoms with Gasteiger partial charge in [-0.05, 0) is 45.0 Å². The monoisotopic (exact) mass is 457 g/mol. The predicted octanol–water partition coefficient (Wildman–Crippen LogP) is 5.21. The summed E-state index contributed by atoms with van der Waals surface area (Å²) in [7, 11) is -2.83. The fraction of sp³-hybridized carbons (Fsp3) is 0.238. The normalized spacial score (nSPS) is 12.5. The molecular weight excluding hydrogens is 434 g/mol. The van der Waals surface area contributed by atoms with Crippen LogP contribution >= 0.6 is 21.9 Å². The van der Waals surface area contributed by atoms with Crippen LogP contribution in [0.25, 0.3) is 33.6 Å². The number of aryl methyl sites for hydroxylation is 1. The lowest BCUT2D eigenvalue weighted by atomic mass is 10.1. The van der Waals surface area contributed by atoms with Crippen molar-refractivity contribution in [2.75, 3.05) is 0 Å². The molecular formula is C21H23N5O3S2. The molecule has 0 aliphatic carbocycles. The minimum absolute atomic E-state index is 0.264. The van der Waals surface area contributed by atoms with Crippen LogP contribution in [-0.4, -0.2) is 34.5 Å². The van der Waals surface area contributed by atoms with E-state index in [2.05, 4.69) is 20.2 Å². The van der Waals surface area contributed by atoms with Crippen LogP contribution in [0.4, 0.5) is 0 Å². The first-order valence-corrected chi connectivity index (χ1v) is 12.1. The maximum atomic E-state index is 10.3. The second kappa shape index (κ2) is 8.48. The number of hydrogen-bond acceptors (Lipinski definition) is 9. The van der Waals surface area contributed by atoms with Crippen LogP contribution in [-0.2, 0) is 6.54 Å². The third kappa shape index (κ3) is 4.25. The molecule has 3 aromatic heterocycles. The molecule has 31 heavy (non-hydrogen) atoms. The lowest BCUT2D eigenvalue weighted by molar-refractivity contribution is 0.476. The molecule has 4 N–H and O–H groups in total. The fourth-order valence-corrected chi connectivity index (χ4v) is 4.80. The number of rotatable bonds is 6. The van der Waals surface area contributed by atoms with Gasteiger partial charge in [-0.3, -0.25) is 14.1 Å². The van der Waals surface area contributed by atoms with Crippen LogP contribution in [0.15, 0.2) is 51.9 Å².